The van der Waals surface area contributed by atoms with Crippen LogP contribution in [0.3, 0.4) is 0 Å². The fourth-order valence-electron chi connectivity index (χ4n) is 2.37. The number of halogens is 1. The molecule has 7 heteroatoms. The fourth-order valence-corrected chi connectivity index (χ4v) is 4.70. The first-order valence-electron chi connectivity index (χ1n) is 6.64. The fraction of sp³-hybridized carbons (Fsp3) is 0.538. The summed E-state index contributed by atoms with van der Waals surface area (Å²) in [6, 6.07) is 3.36. The molecular formula is C13H20BrN3O2S. The second-order valence-corrected chi connectivity index (χ2v) is 7.78. The summed E-state index contributed by atoms with van der Waals surface area (Å²) in [5.41, 5.74) is 6.98. The van der Waals surface area contributed by atoms with Crippen LogP contribution in [0.5, 0.6) is 0 Å². The molecule has 1 aliphatic rings. The Morgan fingerprint density at radius 1 is 1.25 bits per heavy atom. The van der Waals surface area contributed by atoms with E-state index < -0.39 is 10.0 Å². The first-order chi connectivity index (χ1) is 9.36. The van der Waals surface area contributed by atoms with Crippen LogP contribution in [0, 0.1) is 6.92 Å². The second kappa shape index (κ2) is 6.01. The van der Waals surface area contributed by atoms with E-state index in [2.05, 4.69) is 27.8 Å². The van der Waals surface area contributed by atoms with Gasteiger partial charge in [0.15, 0.2) is 0 Å². The smallest absolute Gasteiger partial charge is 0.243 e. The van der Waals surface area contributed by atoms with E-state index in [-0.39, 0.29) is 0 Å². The second-order valence-electron chi connectivity index (χ2n) is 4.96. The summed E-state index contributed by atoms with van der Waals surface area (Å²) in [6.45, 7) is 7.40. The molecule has 2 rings (SSSR count). The average molecular weight is 362 g/mol. The molecule has 1 heterocycles. The van der Waals surface area contributed by atoms with E-state index >= 15 is 0 Å². The highest BCUT2D eigenvalue weighted by molar-refractivity contribution is 9.10. The third-order valence-corrected chi connectivity index (χ3v) is 6.24. The number of rotatable bonds is 3. The Labute approximate surface area is 128 Å². The van der Waals surface area contributed by atoms with Crippen LogP contribution in [0.25, 0.3) is 0 Å². The molecule has 1 fully saturated rings. The van der Waals surface area contributed by atoms with Crippen LogP contribution in [0.4, 0.5) is 5.69 Å². The van der Waals surface area contributed by atoms with Crippen molar-refractivity contribution in [3.8, 4) is 0 Å². The lowest BCUT2D eigenvalue weighted by Gasteiger charge is -2.33. The molecule has 0 bridgehead atoms. The Bertz CT molecular complexity index is 596. The number of anilines is 1. The van der Waals surface area contributed by atoms with E-state index in [0.717, 1.165) is 19.6 Å². The van der Waals surface area contributed by atoms with E-state index in [1.807, 2.05) is 0 Å². The Kier molecular flexibility index (Phi) is 4.73. The van der Waals surface area contributed by atoms with Gasteiger partial charge in [0.2, 0.25) is 10.0 Å². The molecule has 1 saturated heterocycles. The zero-order chi connectivity index (χ0) is 14.9. The number of hydrogen-bond acceptors (Lipinski definition) is 4. The number of piperazine rings is 1. The molecule has 1 aliphatic heterocycles. The van der Waals surface area contributed by atoms with Crippen LogP contribution < -0.4 is 5.73 Å². The summed E-state index contributed by atoms with van der Waals surface area (Å²) in [4.78, 5) is 2.54. The largest absolute Gasteiger partial charge is 0.398 e. The maximum atomic E-state index is 12.7. The van der Waals surface area contributed by atoms with Gasteiger partial charge in [-0.15, -0.1) is 0 Å². The van der Waals surface area contributed by atoms with Crippen LogP contribution in [0.1, 0.15) is 12.5 Å². The number of nitrogen functional groups attached to an aromatic ring is 1. The quantitative estimate of drug-likeness (QED) is 0.831. The predicted molar refractivity (Wildman–Crippen MR) is 84.2 cm³/mol. The van der Waals surface area contributed by atoms with Crippen LogP contribution in [-0.4, -0.2) is 50.3 Å². The number of hydrogen-bond donors (Lipinski definition) is 1. The van der Waals surface area contributed by atoms with Gasteiger partial charge in [0.05, 0.1) is 4.90 Å². The highest BCUT2D eigenvalue weighted by atomic mass is 79.9. The number of likely N-dealkylation sites (N-methyl/N-ethyl adjacent to an activating group) is 1. The van der Waals surface area contributed by atoms with Gasteiger partial charge in [0.1, 0.15) is 0 Å². The summed E-state index contributed by atoms with van der Waals surface area (Å²) >= 11 is 3.31. The van der Waals surface area contributed by atoms with Gasteiger partial charge in [-0.1, -0.05) is 22.9 Å². The zero-order valence-corrected chi connectivity index (χ0v) is 14.2. The molecule has 0 amide bonds. The van der Waals surface area contributed by atoms with Crippen molar-refractivity contribution in [2.24, 2.45) is 0 Å². The van der Waals surface area contributed by atoms with Crippen molar-refractivity contribution in [2.75, 3.05) is 38.5 Å². The molecule has 0 aromatic heterocycles. The van der Waals surface area contributed by atoms with Crippen LogP contribution in [0.2, 0.25) is 0 Å². The Balaban J connectivity index is 2.32. The minimum absolute atomic E-state index is 0.300. The first-order valence-corrected chi connectivity index (χ1v) is 8.87. The van der Waals surface area contributed by atoms with Gasteiger partial charge in [-0.2, -0.15) is 4.31 Å². The van der Waals surface area contributed by atoms with Crippen molar-refractivity contribution in [1.82, 2.24) is 9.21 Å². The maximum Gasteiger partial charge on any atom is 0.243 e. The molecule has 0 atom stereocenters. The van der Waals surface area contributed by atoms with Gasteiger partial charge in [-0.3, -0.25) is 0 Å². The topological polar surface area (TPSA) is 66.6 Å². The molecule has 0 saturated carbocycles. The van der Waals surface area contributed by atoms with Crippen LogP contribution in [0.15, 0.2) is 21.5 Å². The lowest BCUT2D eigenvalue weighted by atomic mass is 10.2. The lowest BCUT2D eigenvalue weighted by molar-refractivity contribution is 0.196. The Hall–Kier alpha value is -0.630. The van der Waals surface area contributed by atoms with Gasteiger partial charge >= 0.3 is 0 Å². The summed E-state index contributed by atoms with van der Waals surface area (Å²) in [5, 5.41) is 0. The zero-order valence-electron chi connectivity index (χ0n) is 11.8. The van der Waals surface area contributed by atoms with Gasteiger partial charge in [0.25, 0.3) is 0 Å². The molecular weight excluding hydrogens is 342 g/mol. The maximum absolute atomic E-state index is 12.7. The molecule has 112 valence electrons. The highest BCUT2D eigenvalue weighted by Crippen LogP contribution is 2.28. The molecule has 20 heavy (non-hydrogen) atoms. The lowest BCUT2D eigenvalue weighted by Crippen LogP contribution is -2.48. The SMILES string of the molecule is CCN1CCN(S(=O)(=O)c2cc(Br)cc(N)c2C)CC1. The summed E-state index contributed by atoms with van der Waals surface area (Å²) < 4.78 is 27.7. The molecule has 0 spiro atoms. The van der Waals surface area contributed by atoms with E-state index in [9.17, 15) is 8.42 Å². The predicted octanol–water partition coefficient (Wildman–Crippen LogP) is 1.67. The number of nitrogens with zero attached hydrogens (tertiary/aromatic N) is 2. The third kappa shape index (κ3) is 3.00. The van der Waals surface area contributed by atoms with Gasteiger partial charge < -0.3 is 10.6 Å². The van der Waals surface area contributed by atoms with Crippen LogP contribution >= 0.6 is 15.9 Å². The molecule has 5 nitrogen and oxygen atoms in total. The number of sulfonamides is 1. The van der Waals surface area contributed by atoms with E-state index in [1.54, 1.807) is 23.4 Å². The molecule has 1 aromatic carbocycles. The van der Waals surface area contributed by atoms with Crippen molar-refractivity contribution in [2.45, 2.75) is 18.7 Å². The minimum atomic E-state index is -3.47. The molecule has 2 N–H and O–H groups in total. The molecule has 1 aromatic rings. The van der Waals surface area contributed by atoms with Gasteiger partial charge in [0, 0.05) is 36.3 Å². The van der Waals surface area contributed by atoms with Crippen LogP contribution in [-0.2, 0) is 10.0 Å². The third-order valence-electron chi connectivity index (χ3n) is 3.76. The first kappa shape index (κ1) is 15.8. The van der Waals surface area contributed by atoms with Gasteiger partial charge in [-0.25, -0.2) is 8.42 Å². The van der Waals surface area contributed by atoms with Crippen molar-refractivity contribution < 1.29 is 8.42 Å². The number of benzene rings is 1. The normalized spacial score (nSPS) is 18.4. The summed E-state index contributed by atoms with van der Waals surface area (Å²) in [6.07, 6.45) is 0. The standard InChI is InChI=1S/C13H20BrN3O2S/c1-3-16-4-6-17(7-5-16)20(18,19)13-9-11(14)8-12(15)10(13)2/h8-9H,3-7,15H2,1-2H3. The van der Waals surface area contributed by atoms with Crippen molar-refractivity contribution >= 4 is 31.6 Å². The molecule has 0 aliphatic carbocycles. The van der Waals surface area contributed by atoms with Crippen molar-refractivity contribution in [3.63, 3.8) is 0 Å². The van der Waals surface area contributed by atoms with Gasteiger partial charge in [-0.05, 0) is 31.2 Å². The Morgan fingerprint density at radius 2 is 1.85 bits per heavy atom. The van der Waals surface area contributed by atoms with E-state index in [4.69, 9.17) is 5.73 Å². The van der Waals surface area contributed by atoms with Crippen molar-refractivity contribution in [1.29, 1.82) is 0 Å². The monoisotopic (exact) mass is 361 g/mol. The van der Waals surface area contributed by atoms with E-state index in [1.165, 1.54) is 0 Å². The molecule has 0 radical (unpaired) electrons. The molecule has 0 unspecified atom stereocenters. The number of nitrogens with two attached hydrogens (primary N) is 1. The average Bonchev–Trinajstić information content (AvgIpc) is 2.42. The Morgan fingerprint density at radius 3 is 2.40 bits per heavy atom. The van der Waals surface area contributed by atoms with E-state index in [0.29, 0.717) is 33.7 Å². The summed E-state index contributed by atoms with van der Waals surface area (Å²) in [5.74, 6) is 0. The summed E-state index contributed by atoms with van der Waals surface area (Å²) in [7, 11) is -3.47. The van der Waals surface area contributed by atoms with Crippen molar-refractivity contribution in [3.05, 3.63) is 22.2 Å². The minimum Gasteiger partial charge on any atom is -0.398 e. The highest BCUT2D eigenvalue weighted by Gasteiger charge is 2.29.